The highest BCUT2D eigenvalue weighted by Crippen LogP contribution is 2.30. The highest BCUT2D eigenvalue weighted by atomic mass is 32.1. The van der Waals surface area contributed by atoms with Crippen LogP contribution >= 0.6 is 11.3 Å². The van der Waals surface area contributed by atoms with Gasteiger partial charge in [0.2, 0.25) is 5.91 Å². The van der Waals surface area contributed by atoms with Gasteiger partial charge >= 0.3 is 0 Å². The second-order valence-corrected chi connectivity index (χ2v) is 7.28. The van der Waals surface area contributed by atoms with Crippen molar-refractivity contribution in [2.75, 3.05) is 11.9 Å². The van der Waals surface area contributed by atoms with Crippen LogP contribution in [-0.2, 0) is 11.2 Å². The van der Waals surface area contributed by atoms with E-state index in [2.05, 4.69) is 46.8 Å². The first-order valence-electron chi connectivity index (χ1n) is 8.75. The van der Waals surface area contributed by atoms with Crippen LogP contribution in [0, 0.1) is 6.92 Å². The van der Waals surface area contributed by atoms with Gasteiger partial charge in [-0.1, -0.05) is 37.6 Å². The molecule has 0 aliphatic rings. The first kappa shape index (κ1) is 18.8. The lowest BCUT2D eigenvalue weighted by molar-refractivity contribution is -0.115. The molecular formula is C20H21N3O3S. The van der Waals surface area contributed by atoms with Gasteiger partial charge in [0.1, 0.15) is 0 Å². The summed E-state index contributed by atoms with van der Waals surface area (Å²) in [5.41, 5.74) is 3.18. The Morgan fingerprint density at radius 3 is 2.63 bits per heavy atom. The first-order chi connectivity index (χ1) is 13.1. The Balaban J connectivity index is 1.60. The molecule has 0 saturated carbocycles. The van der Waals surface area contributed by atoms with Crippen LogP contribution in [0.25, 0.3) is 11.3 Å². The maximum absolute atomic E-state index is 12.1. The van der Waals surface area contributed by atoms with E-state index in [9.17, 15) is 9.59 Å². The lowest BCUT2D eigenvalue weighted by Gasteiger charge is -2.03. The molecule has 1 aromatic carbocycles. The van der Waals surface area contributed by atoms with Gasteiger partial charge < -0.3 is 15.1 Å². The summed E-state index contributed by atoms with van der Waals surface area (Å²) in [4.78, 5) is 29.4. The molecule has 140 valence electrons. The molecule has 0 saturated heterocycles. The number of carbonyl (C=O) groups excluding carboxylic acids is 2. The van der Waals surface area contributed by atoms with Crippen LogP contribution in [0.5, 0.6) is 0 Å². The Labute approximate surface area is 161 Å². The summed E-state index contributed by atoms with van der Waals surface area (Å²) < 4.78 is 4.98. The minimum Gasteiger partial charge on any atom is -0.459 e. The third-order valence-corrected chi connectivity index (χ3v) is 4.85. The summed E-state index contributed by atoms with van der Waals surface area (Å²) in [5.74, 6) is -0.603. The molecule has 3 aromatic rings. The number of hydrogen-bond donors (Lipinski definition) is 2. The van der Waals surface area contributed by atoms with Gasteiger partial charge in [-0.3, -0.25) is 9.59 Å². The maximum atomic E-state index is 12.1. The van der Waals surface area contributed by atoms with Crippen molar-refractivity contribution in [3.05, 3.63) is 58.9 Å². The van der Waals surface area contributed by atoms with E-state index in [4.69, 9.17) is 4.42 Å². The lowest BCUT2D eigenvalue weighted by atomic mass is 10.1. The fraction of sp³-hybridized carbons (Fsp3) is 0.250. The smallest absolute Gasteiger partial charge is 0.287 e. The van der Waals surface area contributed by atoms with E-state index in [1.165, 1.54) is 29.2 Å². The molecule has 6 nitrogen and oxygen atoms in total. The van der Waals surface area contributed by atoms with Crippen LogP contribution in [0.2, 0.25) is 0 Å². The lowest BCUT2D eigenvalue weighted by Crippen LogP contribution is -2.32. The molecule has 0 radical (unpaired) electrons. The SMILES string of the molecule is CCCc1ccc(-c2nc(NC(=O)CNC(=O)c3ccco3)sc2C)cc1. The summed E-state index contributed by atoms with van der Waals surface area (Å²) in [6.45, 7) is 3.98. The van der Waals surface area contributed by atoms with Gasteiger partial charge in [0.25, 0.3) is 5.91 Å². The molecule has 2 aromatic heterocycles. The fourth-order valence-electron chi connectivity index (χ4n) is 2.65. The second kappa shape index (κ2) is 8.64. The Kier molecular flexibility index (Phi) is 6.03. The first-order valence-corrected chi connectivity index (χ1v) is 9.56. The van der Waals surface area contributed by atoms with Crippen LogP contribution in [0.4, 0.5) is 5.13 Å². The average molecular weight is 383 g/mol. The fourth-order valence-corrected chi connectivity index (χ4v) is 3.51. The number of hydrogen-bond acceptors (Lipinski definition) is 5. The number of nitrogens with one attached hydrogen (secondary N) is 2. The molecule has 2 N–H and O–H groups in total. The monoisotopic (exact) mass is 383 g/mol. The molecule has 0 atom stereocenters. The van der Waals surface area contributed by atoms with Crippen molar-refractivity contribution in [1.29, 1.82) is 0 Å². The minimum absolute atomic E-state index is 0.154. The standard InChI is InChI=1S/C20H21N3O3S/c1-3-5-14-7-9-15(10-8-14)18-13(2)27-20(23-18)22-17(24)12-21-19(25)16-6-4-11-26-16/h4,6-11H,3,5,12H2,1-2H3,(H,21,25)(H,22,23,24). The average Bonchev–Trinajstić information content (AvgIpc) is 3.31. The van der Waals surface area contributed by atoms with Crippen molar-refractivity contribution < 1.29 is 14.0 Å². The molecule has 0 aliphatic heterocycles. The van der Waals surface area contributed by atoms with Gasteiger partial charge in [-0.25, -0.2) is 4.98 Å². The summed E-state index contributed by atoms with van der Waals surface area (Å²) in [6, 6.07) is 11.5. The number of aryl methyl sites for hydroxylation is 2. The van der Waals surface area contributed by atoms with Crippen molar-refractivity contribution in [3.8, 4) is 11.3 Å². The number of nitrogens with zero attached hydrogens (tertiary/aromatic N) is 1. The Morgan fingerprint density at radius 2 is 1.96 bits per heavy atom. The molecule has 0 bridgehead atoms. The largest absolute Gasteiger partial charge is 0.459 e. The molecular weight excluding hydrogens is 362 g/mol. The Morgan fingerprint density at radius 1 is 1.19 bits per heavy atom. The van der Waals surface area contributed by atoms with Gasteiger partial charge in [0.05, 0.1) is 18.5 Å². The van der Waals surface area contributed by atoms with Crippen LogP contribution in [0.1, 0.15) is 34.3 Å². The highest BCUT2D eigenvalue weighted by Gasteiger charge is 2.14. The van der Waals surface area contributed by atoms with Gasteiger partial charge in [-0.05, 0) is 31.0 Å². The normalized spacial score (nSPS) is 10.6. The summed E-state index contributed by atoms with van der Waals surface area (Å²) in [5, 5.41) is 5.75. The predicted octanol–water partition coefficient (Wildman–Crippen LogP) is 4.03. The molecule has 0 aliphatic carbocycles. The second-order valence-electron chi connectivity index (χ2n) is 6.08. The number of carbonyl (C=O) groups is 2. The molecule has 0 spiro atoms. The number of anilines is 1. The van der Waals surface area contributed by atoms with E-state index in [1.807, 2.05) is 6.92 Å². The van der Waals surface area contributed by atoms with Gasteiger partial charge in [-0.15, -0.1) is 11.3 Å². The van der Waals surface area contributed by atoms with Crippen molar-refractivity contribution in [1.82, 2.24) is 10.3 Å². The zero-order chi connectivity index (χ0) is 19.2. The molecule has 7 heteroatoms. The maximum Gasteiger partial charge on any atom is 0.287 e. The number of furan rings is 1. The quantitative estimate of drug-likeness (QED) is 0.645. The van der Waals surface area contributed by atoms with Crippen molar-refractivity contribution in [2.45, 2.75) is 26.7 Å². The summed E-state index contributed by atoms with van der Waals surface area (Å²) in [6.07, 6.45) is 3.58. The van der Waals surface area contributed by atoms with E-state index in [0.717, 1.165) is 29.0 Å². The van der Waals surface area contributed by atoms with E-state index in [-0.39, 0.29) is 18.2 Å². The van der Waals surface area contributed by atoms with E-state index in [0.29, 0.717) is 5.13 Å². The summed E-state index contributed by atoms with van der Waals surface area (Å²) in [7, 11) is 0. The number of amides is 2. The predicted molar refractivity (Wildman–Crippen MR) is 106 cm³/mol. The van der Waals surface area contributed by atoms with Crippen LogP contribution in [0.3, 0.4) is 0 Å². The Hall–Kier alpha value is -2.93. The van der Waals surface area contributed by atoms with Crippen LogP contribution in [-0.4, -0.2) is 23.3 Å². The molecule has 2 amide bonds. The third kappa shape index (κ3) is 4.83. The van der Waals surface area contributed by atoms with E-state index in [1.54, 1.807) is 6.07 Å². The van der Waals surface area contributed by atoms with E-state index < -0.39 is 5.91 Å². The van der Waals surface area contributed by atoms with Gasteiger partial charge in [0, 0.05) is 10.4 Å². The zero-order valence-electron chi connectivity index (χ0n) is 15.2. The molecule has 0 fully saturated rings. The van der Waals surface area contributed by atoms with Gasteiger partial charge in [0.15, 0.2) is 10.9 Å². The Bertz CT molecular complexity index is 915. The zero-order valence-corrected chi connectivity index (χ0v) is 16.1. The number of thiazole rings is 1. The molecule has 2 heterocycles. The number of rotatable bonds is 7. The third-order valence-electron chi connectivity index (χ3n) is 3.96. The van der Waals surface area contributed by atoms with Crippen molar-refractivity contribution >= 4 is 28.3 Å². The number of benzene rings is 1. The molecule has 0 unspecified atom stereocenters. The van der Waals surface area contributed by atoms with E-state index >= 15 is 0 Å². The van der Waals surface area contributed by atoms with Crippen molar-refractivity contribution in [3.63, 3.8) is 0 Å². The van der Waals surface area contributed by atoms with Gasteiger partial charge in [-0.2, -0.15) is 0 Å². The van der Waals surface area contributed by atoms with Crippen LogP contribution in [0.15, 0.2) is 47.1 Å². The van der Waals surface area contributed by atoms with Crippen molar-refractivity contribution in [2.24, 2.45) is 0 Å². The van der Waals surface area contributed by atoms with Crippen LogP contribution < -0.4 is 10.6 Å². The number of aromatic nitrogens is 1. The minimum atomic E-state index is -0.432. The molecule has 27 heavy (non-hydrogen) atoms. The molecule has 3 rings (SSSR count). The highest BCUT2D eigenvalue weighted by molar-refractivity contribution is 7.16. The summed E-state index contributed by atoms with van der Waals surface area (Å²) >= 11 is 1.41. The topological polar surface area (TPSA) is 84.2 Å².